The molecule has 1 heterocycles. The average molecular weight is 258 g/mol. The lowest BCUT2D eigenvalue weighted by atomic mass is 10.1. The van der Waals surface area contributed by atoms with Crippen LogP contribution in [0.15, 0.2) is 30.5 Å². The summed E-state index contributed by atoms with van der Waals surface area (Å²) in [6.07, 6.45) is 2.35. The Hall–Kier alpha value is -2.10. The van der Waals surface area contributed by atoms with E-state index in [4.69, 9.17) is 9.47 Å². The largest absolute Gasteiger partial charge is 0.493 e. The molecule has 4 nitrogen and oxygen atoms in total. The van der Waals surface area contributed by atoms with E-state index in [2.05, 4.69) is 29.9 Å². The fourth-order valence-corrected chi connectivity index (χ4v) is 1.75. The summed E-state index contributed by atoms with van der Waals surface area (Å²) in [5.41, 5.74) is 2.41. The number of ether oxygens (including phenoxy) is 2. The van der Waals surface area contributed by atoms with Crippen LogP contribution >= 0.6 is 0 Å². The third-order valence-electron chi connectivity index (χ3n) is 3.03. The average Bonchev–Trinajstić information content (AvgIpc) is 2.44. The predicted octanol–water partition coefficient (Wildman–Crippen LogP) is 2.72. The van der Waals surface area contributed by atoms with E-state index in [0.717, 1.165) is 11.6 Å². The zero-order valence-electron chi connectivity index (χ0n) is 11.5. The van der Waals surface area contributed by atoms with Crippen LogP contribution in [0, 0.1) is 13.8 Å². The highest BCUT2D eigenvalue weighted by molar-refractivity contribution is 5.38. The lowest BCUT2D eigenvalue weighted by Crippen LogP contribution is -2.06. The Morgan fingerprint density at radius 1 is 1.16 bits per heavy atom. The van der Waals surface area contributed by atoms with Gasteiger partial charge in [0, 0.05) is 18.7 Å². The van der Waals surface area contributed by atoms with E-state index in [0.29, 0.717) is 18.9 Å². The van der Waals surface area contributed by atoms with Gasteiger partial charge in [-0.1, -0.05) is 12.1 Å². The summed E-state index contributed by atoms with van der Waals surface area (Å²) in [4.78, 5) is 8.44. The summed E-state index contributed by atoms with van der Waals surface area (Å²) >= 11 is 0. The number of nitrogens with zero attached hydrogens (tertiary/aromatic N) is 2. The number of hydrogen-bond donors (Lipinski definition) is 0. The second-order valence-electron chi connectivity index (χ2n) is 4.31. The first-order chi connectivity index (χ1) is 9.20. The lowest BCUT2D eigenvalue weighted by molar-refractivity contribution is 0.315. The Labute approximate surface area is 113 Å². The number of aryl methyl sites for hydroxylation is 1. The third kappa shape index (κ3) is 3.44. The maximum absolute atomic E-state index is 5.77. The van der Waals surface area contributed by atoms with Crippen molar-refractivity contribution in [2.24, 2.45) is 0 Å². The van der Waals surface area contributed by atoms with Crippen molar-refractivity contribution in [1.29, 1.82) is 0 Å². The van der Waals surface area contributed by atoms with Crippen LogP contribution in [0.1, 0.15) is 17.0 Å². The van der Waals surface area contributed by atoms with Gasteiger partial charge in [0.1, 0.15) is 11.6 Å². The number of methoxy groups -OCH3 is 1. The SMILES string of the molecule is COc1ccnc(CCOc2cccc(C)c2C)n1. The molecule has 0 aliphatic carbocycles. The highest BCUT2D eigenvalue weighted by Crippen LogP contribution is 2.20. The minimum Gasteiger partial charge on any atom is -0.493 e. The molecule has 0 saturated carbocycles. The Bertz CT molecular complexity index is 556. The van der Waals surface area contributed by atoms with Crippen LogP contribution in [0.5, 0.6) is 11.6 Å². The van der Waals surface area contributed by atoms with Gasteiger partial charge in [0.15, 0.2) is 0 Å². The van der Waals surface area contributed by atoms with Crippen LogP contribution < -0.4 is 9.47 Å². The molecule has 0 saturated heterocycles. The van der Waals surface area contributed by atoms with E-state index in [9.17, 15) is 0 Å². The second-order valence-corrected chi connectivity index (χ2v) is 4.31. The maximum atomic E-state index is 5.77. The van der Waals surface area contributed by atoms with Crippen molar-refractivity contribution in [2.45, 2.75) is 20.3 Å². The molecular formula is C15H18N2O2. The summed E-state index contributed by atoms with van der Waals surface area (Å²) in [5.74, 6) is 2.23. The van der Waals surface area contributed by atoms with Gasteiger partial charge in [-0.3, -0.25) is 0 Å². The van der Waals surface area contributed by atoms with Crippen molar-refractivity contribution in [3.63, 3.8) is 0 Å². The van der Waals surface area contributed by atoms with Crippen molar-refractivity contribution in [3.8, 4) is 11.6 Å². The molecule has 0 N–H and O–H groups in total. The van der Waals surface area contributed by atoms with Gasteiger partial charge in [-0.2, -0.15) is 4.98 Å². The van der Waals surface area contributed by atoms with E-state index >= 15 is 0 Å². The Morgan fingerprint density at radius 2 is 2.00 bits per heavy atom. The molecule has 0 radical (unpaired) electrons. The molecule has 100 valence electrons. The molecule has 0 amide bonds. The zero-order chi connectivity index (χ0) is 13.7. The van der Waals surface area contributed by atoms with Crippen molar-refractivity contribution in [3.05, 3.63) is 47.4 Å². The van der Waals surface area contributed by atoms with Gasteiger partial charge in [-0.05, 0) is 31.0 Å². The second kappa shape index (κ2) is 6.18. The van der Waals surface area contributed by atoms with Gasteiger partial charge in [0.05, 0.1) is 13.7 Å². The molecule has 0 aliphatic rings. The minimum absolute atomic E-state index is 0.553. The van der Waals surface area contributed by atoms with E-state index in [1.54, 1.807) is 19.4 Å². The summed E-state index contributed by atoms with van der Waals surface area (Å²) in [6.45, 7) is 4.69. The first-order valence-corrected chi connectivity index (χ1v) is 6.25. The molecule has 0 aliphatic heterocycles. The fraction of sp³-hybridized carbons (Fsp3) is 0.333. The quantitative estimate of drug-likeness (QED) is 0.827. The number of aromatic nitrogens is 2. The zero-order valence-corrected chi connectivity index (χ0v) is 11.5. The van der Waals surface area contributed by atoms with Crippen molar-refractivity contribution in [1.82, 2.24) is 9.97 Å². The van der Waals surface area contributed by atoms with E-state index in [-0.39, 0.29) is 0 Å². The summed E-state index contributed by atoms with van der Waals surface area (Å²) < 4.78 is 10.8. The van der Waals surface area contributed by atoms with Crippen LogP contribution in [-0.2, 0) is 6.42 Å². The van der Waals surface area contributed by atoms with Crippen LogP contribution in [0.4, 0.5) is 0 Å². The van der Waals surface area contributed by atoms with Crippen molar-refractivity contribution >= 4 is 0 Å². The first kappa shape index (κ1) is 13.3. The lowest BCUT2D eigenvalue weighted by Gasteiger charge is -2.10. The van der Waals surface area contributed by atoms with E-state index < -0.39 is 0 Å². The summed E-state index contributed by atoms with van der Waals surface area (Å²) in [6, 6.07) is 7.79. The molecule has 4 heteroatoms. The van der Waals surface area contributed by atoms with Gasteiger partial charge in [0.25, 0.3) is 0 Å². The molecule has 19 heavy (non-hydrogen) atoms. The minimum atomic E-state index is 0.553. The number of benzene rings is 1. The van der Waals surface area contributed by atoms with Crippen LogP contribution in [-0.4, -0.2) is 23.7 Å². The number of hydrogen-bond acceptors (Lipinski definition) is 4. The molecular weight excluding hydrogens is 240 g/mol. The fourth-order valence-electron chi connectivity index (χ4n) is 1.75. The van der Waals surface area contributed by atoms with E-state index in [1.807, 2.05) is 12.1 Å². The molecule has 0 unspecified atom stereocenters. The maximum Gasteiger partial charge on any atom is 0.216 e. The van der Waals surface area contributed by atoms with E-state index in [1.165, 1.54) is 11.1 Å². The third-order valence-corrected chi connectivity index (χ3v) is 3.03. The molecule has 1 aromatic heterocycles. The van der Waals surface area contributed by atoms with Crippen molar-refractivity contribution < 1.29 is 9.47 Å². The molecule has 0 spiro atoms. The molecule has 1 aromatic carbocycles. The standard InChI is InChI=1S/C15H18N2O2/c1-11-5-4-6-13(12(11)2)19-10-8-14-16-9-7-15(17-14)18-3/h4-7,9H,8,10H2,1-3H3. The Kier molecular flexibility index (Phi) is 4.34. The van der Waals surface area contributed by atoms with Gasteiger partial charge in [0.2, 0.25) is 5.88 Å². The molecule has 0 bridgehead atoms. The summed E-state index contributed by atoms with van der Waals surface area (Å²) in [5, 5.41) is 0. The van der Waals surface area contributed by atoms with Gasteiger partial charge in [-0.25, -0.2) is 4.98 Å². The van der Waals surface area contributed by atoms with Crippen molar-refractivity contribution in [2.75, 3.05) is 13.7 Å². The first-order valence-electron chi connectivity index (χ1n) is 6.25. The predicted molar refractivity (Wildman–Crippen MR) is 73.7 cm³/mol. The van der Waals surface area contributed by atoms with Gasteiger partial charge >= 0.3 is 0 Å². The van der Waals surface area contributed by atoms with Gasteiger partial charge in [-0.15, -0.1) is 0 Å². The number of rotatable bonds is 5. The van der Waals surface area contributed by atoms with Crippen LogP contribution in [0.3, 0.4) is 0 Å². The highest BCUT2D eigenvalue weighted by Gasteiger charge is 2.03. The Morgan fingerprint density at radius 3 is 2.79 bits per heavy atom. The normalized spacial score (nSPS) is 10.3. The topological polar surface area (TPSA) is 44.2 Å². The molecule has 2 rings (SSSR count). The molecule has 2 aromatic rings. The summed E-state index contributed by atoms with van der Waals surface area (Å²) in [7, 11) is 1.60. The van der Waals surface area contributed by atoms with Crippen LogP contribution in [0.2, 0.25) is 0 Å². The monoisotopic (exact) mass is 258 g/mol. The molecule has 0 fully saturated rings. The highest BCUT2D eigenvalue weighted by atomic mass is 16.5. The smallest absolute Gasteiger partial charge is 0.216 e. The molecule has 0 atom stereocenters. The van der Waals surface area contributed by atoms with Gasteiger partial charge < -0.3 is 9.47 Å². The van der Waals surface area contributed by atoms with Crippen LogP contribution in [0.25, 0.3) is 0 Å². The Balaban J connectivity index is 1.94.